The summed E-state index contributed by atoms with van der Waals surface area (Å²) in [6, 6.07) is 4.86. The molecule has 0 aliphatic carbocycles. The Bertz CT molecular complexity index is 644. The van der Waals surface area contributed by atoms with Crippen LogP contribution in [-0.4, -0.2) is 27.5 Å². The first-order valence-corrected chi connectivity index (χ1v) is 7.62. The second kappa shape index (κ2) is 5.62. The number of hydrogen-bond donors (Lipinski definition) is 1. The summed E-state index contributed by atoms with van der Waals surface area (Å²) in [5, 5.41) is 0. The van der Waals surface area contributed by atoms with Crippen molar-refractivity contribution in [3.8, 4) is 0 Å². The standard InChI is InChI=1S/C17H24N4/c1-12-8-14(3)15(9-13(12)2)16(10-18)21-7-6-20-5-4-19-17(20)11-21/h4-5,8-9,16H,6-7,10-11,18H2,1-3H3. The van der Waals surface area contributed by atoms with Gasteiger partial charge in [0.1, 0.15) is 5.82 Å². The molecule has 1 atom stereocenters. The molecule has 1 unspecified atom stereocenters. The molecule has 0 saturated heterocycles. The molecule has 3 rings (SSSR count). The number of aromatic nitrogens is 2. The van der Waals surface area contributed by atoms with E-state index in [2.05, 4.69) is 53.6 Å². The summed E-state index contributed by atoms with van der Waals surface area (Å²) < 4.78 is 2.23. The number of nitrogens with two attached hydrogens (primary N) is 1. The van der Waals surface area contributed by atoms with Crippen molar-refractivity contribution in [2.45, 2.75) is 39.9 Å². The predicted molar refractivity (Wildman–Crippen MR) is 85.1 cm³/mol. The van der Waals surface area contributed by atoms with Crippen LogP contribution in [0.5, 0.6) is 0 Å². The van der Waals surface area contributed by atoms with E-state index < -0.39 is 0 Å². The van der Waals surface area contributed by atoms with E-state index in [-0.39, 0.29) is 6.04 Å². The van der Waals surface area contributed by atoms with Gasteiger partial charge in [-0.25, -0.2) is 4.98 Å². The largest absolute Gasteiger partial charge is 0.333 e. The average Bonchev–Trinajstić information content (AvgIpc) is 2.92. The van der Waals surface area contributed by atoms with Crippen LogP contribution in [0.3, 0.4) is 0 Å². The highest BCUT2D eigenvalue weighted by molar-refractivity contribution is 5.38. The first-order valence-electron chi connectivity index (χ1n) is 7.62. The summed E-state index contributed by atoms with van der Waals surface area (Å²) in [6.07, 6.45) is 3.95. The fraction of sp³-hybridized carbons (Fsp3) is 0.471. The fourth-order valence-electron chi connectivity index (χ4n) is 3.27. The third kappa shape index (κ3) is 2.61. The molecule has 112 valence electrons. The minimum Gasteiger partial charge on any atom is -0.333 e. The molecule has 2 N–H and O–H groups in total. The number of nitrogens with zero attached hydrogens (tertiary/aromatic N) is 3. The molecule has 2 aromatic rings. The SMILES string of the molecule is Cc1cc(C)c(C(CN)N2CCn3ccnc3C2)cc1C. The Hall–Kier alpha value is -1.65. The molecule has 4 nitrogen and oxygen atoms in total. The molecule has 0 radical (unpaired) electrons. The average molecular weight is 284 g/mol. The quantitative estimate of drug-likeness (QED) is 0.941. The second-order valence-corrected chi connectivity index (χ2v) is 6.05. The molecule has 1 aromatic heterocycles. The molecular formula is C17H24N4. The van der Waals surface area contributed by atoms with Gasteiger partial charge in [0.05, 0.1) is 6.54 Å². The zero-order valence-corrected chi connectivity index (χ0v) is 13.1. The molecule has 0 fully saturated rings. The number of fused-ring (bicyclic) bond motifs is 1. The van der Waals surface area contributed by atoms with Gasteiger partial charge in [-0.3, -0.25) is 4.90 Å². The van der Waals surface area contributed by atoms with Crippen LogP contribution in [0.2, 0.25) is 0 Å². The Morgan fingerprint density at radius 3 is 2.67 bits per heavy atom. The number of aryl methyl sites for hydroxylation is 3. The summed E-state index contributed by atoms with van der Waals surface area (Å²) in [5.74, 6) is 1.14. The minimum absolute atomic E-state index is 0.273. The summed E-state index contributed by atoms with van der Waals surface area (Å²) in [4.78, 5) is 6.91. The maximum absolute atomic E-state index is 6.12. The third-order valence-electron chi connectivity index (χ3n) is 4.68. The van der Waals surface area contributed by atoms with Crippen molar-refractivity contribution in [2.24, 2.45) is 5.73 Å². The summed E-state index contributed by atoms with van der Waals surface area (Å²) in [6.45, 7) is 10.1. The monoisotopic (exact) mass is 284 g/mol. The Balaban J connectivity index is 1.91. The van der Waals surface area contributed by atoms with E-state index >= 15 is 0 Å². The van der Waals surface area contributed by atoms with Gasteiger partial charge in [-0.05, 0) is 43.0 Å². The highest BCUT2D eigenvalue weighted by Crippen LogP contribution is 2.28. The molecule has 0 bridgehead atoms. The van der Waals surface area contributed by atoms with Gasteiger partial charge in [-0.1, -0.05) is 12.1 Å². The smallest absolute Gasteiger partial charge is 0.122 e. The molecular weight excluding hydrogens is 260 g/mol. The maximum Gasteiger partial charge on any atom is 0.122 e. The van der Waals surface area contributed by atoms with Gasteiger partial charge < -0.3 is 10.3 Å². The van der Waals surface area contributed by atoms with Crippen LogP contribution in [0.4, 0.5) is 0 Å². The van der Waals surface area contributed by atoms with E-state index in [9.17, 15) is 0 Å². The van der Waals surface area contributed by atoms with Gasteiger partial charge >= 0.3 is 0 Å². The van der Waals surface area contributed by atoms with Crippen LogP contribution in [0.1, 0.15) is 34.1 Å². The summed E-state index contributed by atoms with van der Waals surface area (Å²) in [7, 11) is 0. The molecule has 0 spiro atoms. The van der Waals surface area contributed by atoms with E-state index in [4.69, 9.17) is 5.73 Å². The van der Waals surface area contributed by atoms with Crippen molar-refractivity contribution in [3.63, 3.8) is 0 Å². The van der Waals surface area contributed by atoms with Gasteiger partial charge in [0.15, 0.2) is 0 Å². The Labute approximate surface area is 126 Å². The maximum atomic E-state index is 6.12. The zero-order chi connectivity index (χ0) is 15.0. The fourth-order valence-corrected chi connectivity index (χ4v) is 3.27. The van der Waals surface area contributed by atoms with Crippen molar-refractivity contribution in [2.75, 3.05) is 13.1 Å². The van der Waals surface area contributed by atoms with Gasteiger partial charge in [-0.15, -0.1) is 0 Å². The Morgan fingerprint density at radius 1 is 1.14 bits per heavy atom. The molecule has 1 aromatic carbocycles. The topological polar surface area (TPSA) is 47.1 Å². The molecule has 2 heterocycles. The molecule has 1 aliphatic heterocycles. The normalized spacial score (nSPS) is 16.8. The second-order valence-electron chi connectivity index (χ2n) is 6.05. The van der Waals surface area contributed by atoms with Crippen molar-refractivity contribution in [1.29, 1.82) is 0 Å². The molecule has 0 amide bonds. The summed E-state index contributed by atoms with van der Waals surface area (Å²) in [5.41, 5.74) is 11.5. The van der Waals surface area contributed by atoms with Crippen LogP contribution in [0, 0.1) is 20.8 Å². The van der Waals surface area contributed by atoms with Gasteiger partial charge in [0, 0.05) is 38.1 Å². The van der Waals surface area contributed by atoms with Gasteiger partial charge in [0.2, 0.25) is 0 Å². The predicted octanol–water partition coefficient (Wildman–Crippen LogP) is 2.32. The minimum atomic E-state index is 0.273. The highest BCUT2D eigenvalue weighted by atomic mass is 15.3. The summed E-state index contributed by atoms with van der Waals surface area (Å²) >= 11 is 0. The first kappa shape index (κ1) is 14.3. The van der Waals surface area contributed by atoms with E-state index in [0.717, 1.165) is 25.5 Å². The van der Waals surface area contributed by atoms with Crippen molar-refractivity contribution in [3.05, 3.63) is 52.6 Å². The van der Waals surface area contributed by atoms with Crippen LogP contribution >= 0.6 is 0 Å². The lowest BCUT2D eigenvalue weighted by atomic mass is 9.94. The number of rotatable bonds is 3. The number of benzene rings is 1. The van der Waals surface area contributed by atoms with E-state index in [1.807, 2.05) is 6.20 Å². The van der Waals surface area contributed by atoms with Crippen LogP contribution in [0.15, 0.2) is 24.5 Å². The van der Waals surface area contributed by atoms with Gasteiger partial charge in [0.25, 0.3) is 0 Å². The van der Waals surface area contributed by atoms with E-state index in [0.29, 0.717) is 6.54 Å². The van der Waals surface area contributed by atoms with Crippen LogP contribution in [0.25, 0.3) is 0 Å². The molecule has 4 heteroatoms. The van der Waals surface area contributed by atoms with Crippen LogP contribution in [-0.2, 0) is 13.1 Å². The lowest BCUT2D eigenvalue weighted by Crippen LogP contribution is -2.40. The van der Waals surface area contributed by atoms with Crippen molar-refractivity contribution in [1.82, 2.24) is 14.5 Å². The molecule has 21 heavy (non-hydrogen) atoms. The lowest BCUT2D eigenvalue weighted by molar-refractivity contribution is 0.156. The van der Waals surface area contributed by atoms with Crippen molar-refractivity contribution >= 4 is 0 Å². The van der Waals surface area contributed by atoms with Gasteiger partial charge in [-0.2, -0.15) is 0 Å². The zero-order valence-electron chi connectivity index (χ0n) is 13.1. The molecule has 1 aliphatic rings. The first-order chi connectivity index (χ1) is 10.1. The lowest BCUT2D eigenvalue weighted by Gasteiger charge is -2.35. The Morgan fingerprint density at radius 2 is 1.90 bits per heavy atom. The van der Waals surface area contributed by atoms with E-state index in [1.165, 1.54) is 22.3 Å². The third-order valence-corrected chi connectivity index (χ3v) is 4.68. The number of hydrogen-bond acceptors (Lipinski definition) is 3. The van der Waals surface area contributed by atoms with Crippen LogP contribution < -0.4 is 5.73 Å². The van der Waals surface area contributed by atoms with Crippen molar-refractivity contribution < 1.29 is 0 Å². The number of imidazole rings is 1. The molecule has 0 saturated carbocycles. The highest BCUT2D eigenvalue weighted by Gasteiger charge is 2.25. The van der Waals surface area contributed by atoms with E-state index in [1.54, 1.807) is 0 Å². The Kier molecular flexibility index (Phi) is 3.83.